The second kappa shape index (κ2) is 5.69. The maximum absolute atomic E-state index is 10.8. The largest absolute Gasteiger partial charge is 0.481 e. The Kier molecular flexibility index (Phi) is 4.22. The van der Waals surface area contributed by atoms with Gasteiger partial charge in [0.25, 0.3) is 0 Å². The SMILES string of the molecule is Cc1nc(OC2CCC(C(=O)O)CC2)ccc1Br. The van der Waals surface area contributed by atoms with Crippen molar-refractivity contribution in [3.8, 4) is 5.88 Å². The first-order valence-corrected chi connectivity index (χ1v) is 6.88. The number of aliphatic carboxylic acids is 1. The van der Waals surface area contributed by atoms with E-state index in [1.807, 2.05) is 19.1 Å². The third-order valence-corrected chi connectivity index (χ3v) is 4.14. The molecule has 0 atom stereocenters. The predicted octanol–water partition coefficient (Wildman–Crippen LogP) is 3.17. The average molecular weight is 314 g/mol. The topological polar surface area (TPSA) is 59.4 Å². The van der Waals surface area contributed by atoms with Gasteiger partial charge in [0.1, 0.15) is 6.10 Å². The molecule has 1 N–H and O–H groups in total. The fraction of sp³-hybridized carbons (Fsp3) is 0.538. The van der Waals surface area contributed by atoms with Crippen LogP contribution < -0.4 is 4.74 Å². The summed E-state index contributed by atoms with van der Waals surface area (Å²) in [6, 6.07) is 3.75. The summed E-state index contributed by atoms with van der Waals surface area (Å²) in [5, 5.41) is 8.92. The lowest BCUT2D eigenvalue weighted by Crippen LogP contribution is -2.28. The van der Waals surface area contributed by atoms with Crippen molar-refractivity contribution in [2.24, 2.45) is 5.92 Å². The monoisotopic (exact) mass is 313 g/mol. The maximum Gasteiger partial charge on any atom is 0.306 e. The van der Waals surface area contributed by atoms with Gasteiger partial charge in [-0.3, -0.25) is 4.79 Å². The van der Waals surface area contributed by atoms with Crippen molar-refractivity contribution in [2.45, 2.75) is 38.7 Å². The molecule has 0 unspecified atom stereocenters. The van der Waals surface area contributed by atoms with Crippen molar-refractivity contribution in [1.29, 1.82) is 0 Å². The summed E-state index contributed by atoms with van der Waals surface area (Å²) in [5.74, 6) is -0.273. The van der Waals surface area contributed by atoms with Gasteiger partial charge in [-0.1, -0.05) is 0 Å². The van der Waals surface area contributed by atoms with E-state index >= 15 is 0 Å². The van der Waals surface area contributed by atoms with E-state index in [1.165, 1.54) is 0 Å². The summed E-state index contributed by atoms with van der Waals surface area (Å²) in [4.78, 5) is 15.2. The lowest BCUT2D eigenvalue weighted by Gasteiger charge is -2.26. The lowest BCUT2D eigenvalue weighted by atomic mass is 9.87. The molecule has 1 aromatic heterocycles. The van der Waals surface area contributed by atoms with Crippen LogP contribution in [0.1, 0.15) is 31.4 Å². The van der Waals surface area contributed by atoms with Crippen LogP contribution in [0, 0.1) is 12.8 Å². The first-order chi connectivity index (χ1) is 8.56. The Hall–Kier alpha value is -1.10. The van der Waals surface area contributed by atoms with Crippen molar-refractivity contribution in [3.63, 3.8) is 0 Å². The standard InChI is InChI=1S/C13H16BrNO3/c1-8-11(14)6-7-12(15-8)18-10-4-2-9(3-5-10)13(16)17/h6-7,9-10H,2-5H2,1H3,(H,16,17). The molecule has 1 heterocycles. The summed E-state index contributed by atoms with van der Waals surface area (Å²) < 4.78 is 6.76. The highest BCUT2D eigenvalue weighted by atomic mass is 79.9. The van der Waals surface area contributed by atoms with E-state index in [4.69, 9.17) is 9.84 Å². The number of hydrogen-bond acceptors (Lipinski definition) is 3. The molecular weight excluding hydrogens is 298 g/mol. The number of carboxylic acids is 1. The zero-order valence-electron chi connectivity index (χ0n) is 10.2. The number of rotatable bonds is 3. The fourth-order valence-corrected chi connectivity index (χ4v) is 2.41. The second-order valence-electron chi connectivity index (χ2n) is 4.65. The summed E-state index contributed by atoms with van der Waals surface area (Å²) in [7, 11) is 0. The molecule has 1 aromatic rings. The molecule has 0 aliphatic heterocycles. The number of aryl methyl sites for hydroxylation is 1. The molecule has 2 rings (SSSR count). The van der Waals surface area contributed by atoms with Gasteiger partial charge in [-0.2, -0.15) is 0 Å². The quantitative estimate of drug-likeness (QED) is 0.931. The van der Waals surface area contributed by atoms with E-state index in [9.17, 15) is 4.79 Å². The maximum atomic E-state index is 10.8. The lowest BCUT2D eigenvalue weighted by molar-refractivity contribution is -0.143. The smallest absolute Gasteiger partial charge is 0.306 e. The van der Waals surface area contributed by atoms with Gasteiger partial charge in [0.2, 0.25) is 5.88 Å². The van der Waals surface area contributed by atoms with Crippen LogP contribution in [0.15, 0.2) is 16.6 Å². The molecule has 5 heteroatoms. The van der Waals surface area contributed by atoms with Crippen LogP contribution in [-0.4, -0.2) is 22.2 Å². The number of halogens is 1. The van der Waals surface area contributed by atoms with Gasteiger partial charge >= 0.3 is 5.97 Å². The van der Waals surface area contributed by atoms with E-state index in [-0.39, 0.29) is 12.0 Å². The Morgan fingerprint density at radius 1 is 1.39 bits per heavy atom. The second-order valence-corrected chi connectivity index (χ2v) is 5.50. The molecule has 0 saturated heterocycles. The molecule has 1 fully saturated rings. The Bertz CT molecular complexity index is 442. The van der Waals surface area contributed by atoms with Crippen LogP contribution in [0.4, 0.5) is 0 Å². The molecule has 0 amide bonds. The fourth-order valence-electron chi connectivity index (χ4n) is 2.19. The molecule has 1 aliphatic rings. The van der Waals surface area contributed by atoms with Crippen LogP contribution >= 0.6 is 15.9 Å². The highest BCUT2D eigenvalue weighted by Crippen LogP contribution is 2.28. The summed E-state index contributed by atoms with van der Waals surface area (Å²) in [6.07, 6.45) is 3.04. The number of hydrogen-bond donors (Lipinski definition) is 1. The number of carbonyl (C=O) groups is 1. The molecular formula is C13H16BrNO3. The van der Waals surface area contributed by atoms with E-state index in [1.54, 1.807) is 0 Å². The van der Waals surface area contributed by atoms with Crippen LogP contribution in [0.3, 0.4) is 0 Å². The minimum atomic E-state index is -0.689. The van der Waals surface area contributed by atoms with Crippen molar-refractivity contribution >= 4 is 21.9 Å². The van der Waals surface area contributed by atoms with Gasteiger partial charge in [-0.05, 0) is 54.6 Å². The van der Waals surface area contributed by atoms with E-state index in [0.29, 0.717) is 18.7 Å². The molecule has 0 bridgehead atoms. The molecule has 98 valence electrons. The van der Waals surface area contributed by atoms with Crippen molar-refractivity contribution in [1.82, 2.24) is 4.98 Å². The van der Waals surface area contributed by atoms with E-state index in [0.717, 1.165) is 23.0 Å². The number of pyridine rings is 1. The number of aromatic nitrogens is 1. The van der Waals surface area contributed by atoms with Gasteiger partial charge in [0.15, 0.2) is 0 Å². The van der Waals surface area contributed by atoms with Crippen molar-refractivity contribution < 1.29 is 14.6 Å². The highest BCUT2D eigenvalue weighted by Gasteiger charge is 2.27. The summed E-state index contributed by atoms with van der Waals surface area (Å²) in [5.41, 5.74) is 0.895. The first kappa shape index (κ1) is 13.3. The van der Waals surface area contributed by atoms with Gasteiger partial charge < -0.3 is 9.84 Å². The molecule has 18 heavy (non-hydrogen) atoms. The van der Waals surface area contributed by atoms with Crippen molar-refractivity contribution in [2.75, 3.05) is 0 Å². The molecule has 0 spiro atoms. The first-order valence-electron chi connectivity index (χ1n) is 6.09. The van der Waals surface area contributed by atoms with Crippen molar-refractivity contribution in [3.05, 3.63) is 22.3 Å². The van der Waals surface area contributed by atoms with Gasteiger partial charge in [0, 0.05) is 10.5 Å². The predicted molar refractivity (Wildman–Crippen MR) is 70.7 cm³/mol. The summed E-state index contributed by atoms with van der Waals surface area (Å²) in [6.45, 7) is 1.91. The molecule has 0 radical (unpaired) electrons. The van der Waals surface area contributed by atoms with E-state index in [2.05, 4.69) is 20.9 Å². The average Bonchev–Trinajstić information content (AvgIpc) is 2.34. The molecule has 4 nitrogen and oxygen atoms in total. The highest BCUT2D eigenvalue weighted by molar-refractivity contribution is 9.10. The van der Waals surface area contributed by atoms with Crippen LogP contribution in [0.2, 0.25) is 0 Å². The molecule has 0 aromatic carbocycles. The molecule has 1 aliphatic carbocycles. The molecule has 1 saturated carbocycles. The number of carboxylic acid groups (broad SMARTS) is 1. The van der Waals surface area contributed by atoms with Crippen LogP contribution in [0.25, 0.3) is 0 Å². The zero-order chi connectivity index (χ0) is 13.1. The van der Waals surface area contributed by atoms with Gasteiger partial charge in [0.05, 0.1) is 11.6 Å². The number of nitrogens with zero attached hydrogens (tertiary/aromatic N) is 1. The Balaban J connectivity index is 1.91. The van der Waals surface area contributed by atoms with Gasteiger partial charge in [-0.15, -0.1) is 0 Å². The van der Waals surface area contributed by atoms with Crippen LogP contribution in [-0.2, 0) is 4.79 Å². The third-order valence-electron chi connectivity index (χ3n) is 3.31. The Morgan fingerprint density at radius 3 is 2.61 bits per heavy atom. The minimum absolute atomic E-state index is 0.0914. The van der Waals surface area contributed by atoms with Crippen LogP contribution in [0.5, 0.6) is 5.88 Å². The van der Waals surface area contributed by atoms with Gasteiger partial charge in [-0.25, -0.2) is 4.98 Å². The summed E-state index contributed by atoms with van der Waals surface area (Å²) >= 11 is 3.40. The normalized spacial score (nSPS) is 23.7. The Morgan fingerprint density at radius 2 is 2.06 bits per heavy atom. The zero-order valence-corrected chi connectivity index (χ0v) is 11.8. The van der Waals surface area contributed by atoms with E-state index < -0.39 is 5.97 Å². The Labute approximate surface area is 115 Å². The minimum Gasteiger partial charge on any atom is -0.481 e. The third kappa shape index (κ3) is 3.22. The number of ether oxygens (including phenoxy) is 1.